The Bertz CT molecular complexity index is 4460. The van der Waals surface area contributed by atoms with Gasteiger partial charge in [-0.25, -0.2) is 28.5 Å². The highest BCUT2D eigenvalue weighted by Crippen LogP contribution is 2.51. The van der Waals surface area contributed by atoms with E-state index >= 15 is 0 Å². The fourth-order valence-electron chi connectivity index (χ4n) is 12.2. The fourth-order valence-corrected chi connectivity index (χ4v) is 12.2. The summed E-state index contributed by atoms with van der Waals surface area (Å²) < 4.78 is 57.0. The lowest BCUT2D eigenvalue weighted by molar-refractivity contribution is -0.206. The zero-order valence-electron chi connectivity index (χ0n) is 52.6. The summed E-state index contributed by atoms with van der Waals surface area (Å²) in [7, 11) is 0. The summed E-state index contributed by atoms with van der Waals surface area (Å²) in [5, 5.41) is 81.8. The number of nitrogens with two attached hydrogens (primary N) is 3. The van der Waals surface area contributed by atoms with Crippen molar-refractivity contribution in [1.29, 1.82) is 15.8 Å². The van der Waals surface area contributed by atoms with E-state index < -0.39 is 101 Å². The largest absolute Gasteiger partial charge is 0.481 e. The molecule has 0 amide bonds. The van der Waals surface area contributed by atoms with E-state index in [1.165, 1.54) is 38.6 Å². The van der Waals surface area contributed by atoms with Crippen LogP contribution in [-0.2, 0) is 93.1 Å². The zero-order valence-corrected chi connectivity index (χ0v) is 52.6. The number of carbonyl (C=O) groups is 3. The number of hydrogen-bond acceptors (Lipinski definition) is 27. The van der Waals surface area contributed by atoms with Gasteiger partial charge in [0.05, 0.1) is 43.0 Å². The molecule has 5 saturated heterocycles. The van der Waals surface area contributed by atoms with Crippen LogP contribution >= 0.6 is 0 Å². The third kappa shape index (κ3) is 13.4. The lowest BCUT2D eigenvalue weighted by Gasteiger charge is -2.28. The molecule has 0 radical (unpaired) electrons. The van der Waals surface area contributed by atoms with Gasteiger partial charge in [-0.3, -0.25) is 14.4 Å². The second kappa shape index (κ2) is 27.6. The number of ether oxygens (including phenoxy) is 9. The van der Waals surface area contributed by atoms with Gasteiger partial charge in [-0.2, -0.15) is 31.1 Å². The van der Waals surface area contributed by atoms with E-state index in [0.29, 0.717) is 33.8 Å². The number of aliphatic carboxylic acids is 1. The van der Waals surface area contributed by atoms with E-state index in [2.05, 4.69) is 42.4 Å². The minimum Gasteiger partial charge on any atom is -0.481 e. The molecule has 9 aromatic rings. The molecule has 5 fully saturated rings. The van der Waals surface area contributed by atoms with Crippen LogP contribution in [0.1, 0.15) is 61.5 Å². The van der Waals surface area contributed by atoms with E-state index in [9.17, 15) is 45.5 Å². The van der Waals surface area contributed by atoms with Crippen molar-refractivity contribution in [2.24, 2.45) is 0 Å². The van der Waals surface area contributed by atoms with E-state index in [4.69, 9.17) is 64.9 Å². The Balaban J connectivity index is 0.000000139. The van der Waals surface area contributed by atoms with Crippen LogP contribution in [0.4, 0.5) is 17.5 Å². The summed E-state index contributed by atoms with van der Waals surface area (Å²) in [5.41, 5.74) is 17.8. The first-order valence-electron chi connectivity index (χ1n) is 30.4. The van der Waals surface area contributed by atoms with Gasteiger partial charge in [0.1, 0.15) is 122 Å². The number of aliphatic hydroxyl groups excluding tert-OH is 3. The second-order valence-corrected chi connectivity index (χ2v) is 23.9. The number of fused-ring (bicyclic) bond motifs is 5. The average Bonchev–Trinajstić information content (AvgIpc) is 1.57. The standard InChI is InChI=1S/C23H23N5O5.C20H19N5O5.C15H17N5O4.C8H8O2/c1-22(2)32-19-16(11-30-18(29)10-14-6-4-3-5-7-14)31-23(12-24,20(19)33-22)17-9-8-15-21(25)26-13-27-28(15)17;21-10-20(15-7-6-13-19(22)23-11-24-25(13)15)18(28)17(27)14(30-20)9-29-16(26)8-12-4-2-1-3-5-12;1-14(2)23-11-9(5-21)22-15(6-16,12(11)24-14)10-4-3-8-13(17)18-7-19-20(8)10;9-8(10)6-7-4-2-1-3-5-7/h3-9,13,16,19-20H,10-11H2,1-2H3,(H2,25,26,27);1-7,11,14,17-18,27-28H,8-9H2,(H2,22,23,24);3-4,7,9,11-12,21H,5H2,1-2H3,(H2,17,18,19);1-5H,6H2,(H,9,10)/t16-,19-,20-,23+;14-,17-,18-,20+;9-,11-,12-,15+;/m111./s1. The maximum atomic E-state index is 12.4. The lowest BCUT2D eigenvalue weighted by Crippen LogP contribution is -2.41. The molecule has 12 atom stereocenters. The van der Waals surface area contributed by atoms with Gasteiger partial charge in [-0.15, -0.1) is 0 Å². The first kappa shape index (κ1) is 67.8. The minimum atomic E-state index is -1.93. The summed E-state index contributed by atoms with van der Waals surface area (Å²) >= 11 is 0. The van der Waals surface area contributed by atoms with Gasteiger partial charge in [0, 0.05) is 0 Å². The first-order valence-corrected chi connectivity index (χ1v) is 30.4. The number of aliphatic hydroxyl groups is 3. The van der Waals surface area contributed by atoms with Crippen molar-refractivity contribution in [2.75, 3.05) is 37.0 Å². The van der Waals surface area contributed by atoms with E-state index in [1.807, 2.05) is 72.8 Å². The number of nitrogens with zero attached hydrogens (tertiary/aromatic N) is 12. The Hall–Kier alpha value is -10.6. The number of carboxylic acid groups (broad SMARTS) is 1. The van der Waals surface area contributed by atoms with Crippen LogP contribution in [0.15, 0.2) is 146 Å². The fraction of sp³-hybridized carbons (Fsp3) is 0.364. The molecule has 11 heterocycles. The molecule has 0 unspecified atom stereocenters. The molecule has 31 heteroatoms. The number of anilines is 3. The third-order valence-electron chi connectivity index (χ3n) is 16.6. The topological polar surface area (TPSA) is 455 Å². The van der Waals surface area contributed by atoms with Crippen molar-refractivity contribution in [3.8, 4) is 18.2 Å². The van der Waals surface area contributed by atoms with Crippen LogP contribution in [0.5, 0.6) is 0 Å². The predicted octanol–water partition coefficient (Wildman–Crippen LogP) is 2.93. The van der Waals surface area contributed by atoms with Crippen LogP contribution in [0.3, 0.4) is 0 Å². The van der Waals surface area contributed by atoms with Crippen molar-refractivity contribution in [3.63, 3.8) is 0 Å². The number of hydrogen-bond donors (Lipinski definition) is 7. The molecule has 5 aliphatic rings. The van der Waals surface area contributed by atoms with Crippen LogP contribution in [0, 0.1) is 34.0 Å². The molecule has 31 nitrogen and oxygen atoms in total. The average molecular weight is 1330 g/mol. The Labute approximate surface area is 552 Å². The van der Waals surface area contributed by atoms with Crippen LogP contribution in [-0.4, -0.2) is 168 Å². The van der Waals surface area contributed by atoms with Crippen molar-refractivity contribution >= 4 is 51.9 Å². The van der Waals surface area contributed by atoms with E-state index in [1.54, 1.807) is 82.3 Å². The molecule has 97 heavy (non-hydrogen) atoms. The van der Waals surface area contributed by atoms with Crippen LogP contribution in [0.25, 0.3) is 16.6 Å². The third-order valence-corrected chi connectivity index (χ3v) is 16.6. The highest BCUT2D eigenvalue weighted by Gasteiger charge is 2.67. The second-order valence-electron chi connectivity index (χ2n) is 23.9. The van der Waals surface area contributed by atoms with Crippen molar-refractivity contribution in [3.05, 3.63) is 180 Å². The normalized spacial score (nSPS) is 26.9. The SMILES string of the molecule is CC1(C)O[C@H]2[C@@H](O1)[C@](C#N)(c1ccc3c(N)ncnn13)O[C@@H]2CO.CC1(C)O[C@H]2[C@@H](O1)[C@](C#N)(c1ccc3c(N)ncnn13)O[C@@H]2COC(=O)Cc1ccccc1.N#C[C@@]1(c2ccc3c(N)ncnn23)O[C@H](COC(=O)Cc2ccccc2)[C@@H](O)[C@H]1O.O=C(O)Cc1ccccc1. The van der Waals surface area contributed by atoms with Gasteiger partial charge >= 0.3 is 17.9 Å². The van der Waals surface area contributed by atoms with Crippen molar-refractivity contribution in [2.45, 2.75) is 130 Å². The number of nitrogen functional groups attached to an aromatic ring is 3. The quantitative estimate of drug-likeness (QED) is 0.0769. The summed E-state index contributed by atoms with van der Waals surface area (Å²) in [5.74, 6) is -2.78. The Morgan fingerprint density at radius 3 is 1.23 bits per heavy atom. The van der Waals surface area contributed by atoms with Crippen molar-refractivity contribution in [1.82, 2.24) is 43.8 Å². The molecule has 14 rings (SSSR count). The molecule has 0 bridgehead atoms. The highest BCUT2D eigenvalue weighted by molar-refractivity contribution is 5.73. The molecule has 5 aliphatic heterocycles. The van der Waals surface area contributed by atoms with Crippen molar-refractivity contribution < 1.29 is 77.4 Å². The lowest BCUT2D eigenvalue weighted by atomic mass is 9.92. The Morgan fingerprint density at radius 2 is 0.845 bits per heavy atom. The Kier molecular flexibility index (Phi) is 19.3. The number of aromatic nitrogens is 9. The molecule has 502 valence electrons. The van der Waals surface area contributed by atoms with Gasteiger partial charge < -0.3 is 80.3 Å². The van der Waals surface area contributed by atoms with E-state index in [0.717, 1.165) is 16.7 Å². The van der Waals surface area contributed by atoms with Gasteiger partial charge in [0.2, 0.25) is 16.8 Å². The Morgan fingerprint density at radius 1 is 0.495 bits per heavy atom. The summed E-state index contributed by atoms with van der Waals surface area (Å²) in [6.07, 6.45) is -4.12. The maximum Gasteiger partial charge on any atom is 0.310 e. The molecule has 10 N–H and O–H groups in total. The van der Waals surface area contributed by atoms with E-state index in [-0.39, 0.29) is 56.4 Å². The number of benzene rings is 3. The number of carboxylic acids is 1. The highest BCUT2D eigenvalue weighted by atomic mass is 16.8. The number of rotatable bonds is 14. The molecular formula is C66H67N15O16. The molecule has 0 spiro atoms. The molecular weight excluding hydrogens is 1260 g/mol. The molecule has 0 saturated carbocycles. The van der Waals surface area contributed by atoms with Gasteiger partial charge in [-0.05, 0) is 80.8 Å². The molecule has 6 aromatic heterocycles. The zero-order chi connectivity index (χ0) is 69.0. The number of carbonyl (C=O) groups excluding carboxylic acids is 2. The summed E-state index contributed by atoms with van der Waals surface area (Å²) in [6.45, 7) is 6.36. The van der Waals surface area contributed by atoms with Gasteiger partial charge in [-0.1, -0.05) is 91.0 Å². The summed E-state index contributed by atoms with van der Waals surface area (Å²) in [6, 6.07) is 43.8. The van der Waals surface area contributed by atoms with Gasteiger partial charge in [0.25, 0.3) is 0 Å². The van der Waals surface area contributed by atoms with Crippen LogP contribution < -0.4 is 17.2 Å². The minimum absolute atomic E-state index is 0.0507. The van der Waals surface area contributed by atoms with Crippen LogP contribution in [0.2, 0.25) is 0 Å². The van der Waals surface area contributed by atoms with Gasteiger partial charge in [0.15, 0.2) is 29.0 Å². The molecule has 3 aromatic carbocycles. The predicted molar refractivity (Wildman–Crippen MR) is 335 cm³/mol. The monoisotopic (exact) mass is 1330 g/mol. The summed E-state index contributed by atoms with van der Waals surface area (Å²) in [4.78, 5) is 46.5. The first-order chi connectivity index (χ1) is 46.5. The number of nitriles is 3. The maximum absolute atomic E-state index is 12.4. The number of esters is 2. The smallest absolute Gasteiger partial charge is 0.310 e. The molecule has 0 aliphatic carbocycles.